The number of hydrogen-bond donors (Lipinski definition) is 1. The minimum atomic E-state index is -0.514. The fourth-order valence-electron chi connectivity index (χ4n) is 3.37. The molecular formula is C25H33N3O4S. The number of thioether (sulfide) groups is 1. The Morgan fingerprint density at radius 3 is 2.30 bits per heavy atom. The molecule has 0 spiro atoms. The lowest BCUT2D eigenvalue weighted by Crippen LogP contribution is -2.51. The van der Waals surface area contributed by atoms with Crippen LogP contribution in [0.3, 0.4) is 0 Å². The van der Waals surface area contributed by atoms with Crippen molar-refractivity contribution in [3.8, 4) is 0 Å². The van der Waals surface area contributed by atoms with Gasteiger partial charge in [0.05, 0.1) is 10.7 Å². The highest BCUT2D eigenvalue weighted by atomic mass is 32.2. The monoisotopic (exact) mass is 471 g/mol. The van der Waals surface area contributed by atoms with E-state index in [4.69, 9.17) is 0 Å². The van der Waals surface area contributed by atoms with Crippen molar-refractivity contribution in [1.82, 2.24) is 10.2 Å². The first-order valence-corrected chi connectivity index (χ1v) is 12.4. The number of rotatable bonds is 13. The normalized spacial score (nSPS) is 11.8. The summed E-state index contributed by atoms with van der Waals surface area (Å²) in [4.78, 5) is 38.1. The van der Waals surface area contributed by atoms with Gasteiger partial charge in [0.25, 0.3) is 5.69 Å². The molecule has 0 aliphatic heterocycles. The number of nitrogens with one attached hydrogen (secondary N) is 1. The zero-order chi connectivity index (χ0) is 24.2. The molecule has 0 saturated heterocycles. The van der Waals surface area contributed by atoms with Gasteiger partial charge < -0.3 is 10.2 Å². The second kappa shape index (κ2) is 13.6. The first-order chi connectivity index (χ1) is 15.8. The summed E-state index contributed by atoms with van der Waals surface area (Å²) in [5, 5.41) is 13.8. The predicted octanol–water partition coefficient (Wildman–Crippen LogP) is 4.45. The molecule has 2 rings (SSSR count). The molecule has 1 atom stereocenters. The highest BCUT2D eigenvalue weighted by Crippen LogP contribution is 2.18. The van der Waals surface area contributed by atoms with Crippen molar-refractivity contribution in [3.63, 3.8) is 0 Å². The van der Waals surface area contributed by atoms with Crippen LogP contribution in [0, 0.1) is 16.0 Å². The van der Waals surface area contributed by atoms with Crippen LogP contribution in [0.25, 0.3) is 0 Å². The Morgan fingerprint density at radius 2 is 1.73 bits per heavy atom. The summed E-state index contributed by atoms with van der Waals surface area (Å²) in [6.45, 7) is 7.04. The number of nitro groups is 1. The van der Waals surface area contributed by atoms with Crippen LogP contribution in [0.2, 0.25) is 0 Å². The van der Waals surface area contributed by atoms with Crippen molar-refractivity contribution < 1.29 is 14.5 Å². The average Bonchev–Trinajstić information content (AvgIpc) is 2.81. The molecule has 7 nitrogen and oxygen atoms in total. The number of carbonyl (C=O) groups excluding carboxylic acids is 2. The second-order valence-electron chi connectivity index (χ2n) is 8.30. The highest BCUT2D eigenvalue weighted by molar-refractivity contribution is 7.99. The molecular weight excluding hydrogens is 438 g/mol. The number of nitro benzene ring substituents is 1. The lowest BCUT2D eigenvalue weighted by Gasteiger charge is -2.31. The number of hydrogen-bond acceptors (Lipinski definition) is 5. The van der Waals surface area contributed by atoms with Gasteiger partial charge in [0.15, 0.2) is 0 Å². The van der Waals surface area contributed by atoms with Crippen LogP contribution < -0.4 is 5.32 Å². The molecule has 2 amide bonds. The van der Waals surface area contributed by atoms with Gasteiger partial charge in [-0.1, -0.05) is 63.2 Å². The van der Waals surface area contributed by atoms with E-state index in [0.717, 1.165) is 11.1 Å². The molecule has 0 aliphatic carbocycles. The zero-order valence-corrected chi connectivity index (χ0v) is 20.3. The number of non-ortho nitro benzene ring substituents is 1. The summed E-state index contributed by atoms with van der Waals surface area (Å²) in [6.07, 6.45) is 1.21. The van der Waals surface area contributed by atoms with Crippen molar-refractivity contribution in [2.45, 2.75) is 45.4 Å². The highest BCUT2D eigenvalue weighted by Gasteiger charge is 2.28. The number of benzene rings is 2. The zero-order valence-electron chi connectivity index (χ0n) is 19.5. The number of nitrogens with zero attached hydrogens (tertiary/aromatic N) is 2. The Morgan fingerprint density at radius 1 is 1.06 bits per heavy atom. The molecule has 178 valence electrons. The summed E-state index contributed by atoms with van der Waals surface area (Å²) in [7, 11) is 0. The Kier molecular flexibility index (Phi) is 10.9. The van der Waals surface area contributed by atoms with E-state index in [2.05, 4.69) is 5.32 Å². The smallest absolute Gasteiger partial charge is 0.269 e. The van der Waals surface area contributed by atoms with Gasteiger partial charge in [-0.3, -0.25) is 19.7 Å². The van der Waals surface area contributed by atoms with Gasteiger partial charge in [0.1, 0.15) is 6.04 Å². The van der Waals surface area contributed by atoms with Crippen LogP contribution in [0.15, 0.2) is 54.6 Å². The van der Waals surface area contributed by atoms with Gasteiger partial charge in [-0.05, 0) is 29.9 Å². The SMILES string of the molecule is CC[C@@H](C(=O)NCC(C)C)N(CCc1ccccc1)C(=O)CSCc1ccc([N+](=O)[O-])cc1. The van der Waals surface area contributed by atoms with Crippen molar-refractivity contribution in [2.24, 2.45) is 5.92 Å². The van der Waals surface area contributed by atoms with E-state index < -0.39 is 11.0 Å². The maximum atomic E-state index is 13.2. The van der Waals surface area contributed by atoms with Crippen LogP contribution >= 0.6 is 11.8 Å². The lowest BCUT2D eigenvalue weighted by molar-refractivity contribution is -0.384. The van der Waals surface area contributed by atoms with Crippen molar-refractivity contribution in [1.29, 1.82) is 0 Å². The second-order valence-corrected chi connectivity index (χ2v) is 9.29. The Balaban J connectivity index is 2.03. The van der Waals surface area contributed by atoms with Gasteiger partial charge in [0, 0.05) is 31.0 Å². The molecule has 0 saturated carbocycles. The largest absolute Gasteiger partial charge is 0.354 e. The minimum Gasteiger partial charge on any atom is -0.354 e. The molecule has 0 radical (unpaired) electrons. The van der Waals surface area contributed by atoms with E-state index in [1.165, 1.54) is 23.9 Å². The number of carbonyl (C=O) groups is 2. The van der Waals surface area contributed by atoms with Gasteiger partial charge >= 0.3 is 0 Å². The molecule has 0 heterocycles. The molecule has 0 aliphatic rings. The first kappa shape index (κ1) is 26.4. The lowest BCUT2D eigenvalue weighted by atomic mass is 10.1. The van der Waals surface area contributed by atoms with Crippen molar-refractivity contribution >= 4 is 29.3 Å². The third kappa shape index (κ3) is 8.88. The average molecular weight is 472 g/mol. The summed E-state index contributed by atoms with van der Waals surface area (Å²) >= 11 is 1.44. The van der Waals surface area contributed by atoms with Gasteiger partial charge in [0.2, 0.25) is 11.8 Å². The standard InChI is InChI=1S/C25H33N3O4S/c1-4-23(25(30)26-16-19(2)3)27(15-14-20-8-6-5-7-9-20)24(29)18-33-17-21-10-12-22(13-11-21)28(31)32/h5-13,19,23H,4,14-18H2,1-3H3,(H,26,30)/t23-/m0/s1. The first-order valence-electron chi connectivity index (χ1n) is 11.2. The number of amides is 2. The minimum absolute atomic E-state index is 0.0464. The van der Waals surface area contributed by atoms with Crippen molar-refractivity contribution in [2.75, 3.05) is 18.8 Å². The quantitative estimate of drug-likeness (QED) is 0.344. The van der Waals surface area contributed by atoms with E-state index in [9.17, 15) is 19.7 Å². The van der Waals surface area contributed by atoms with Crippen LogP contribution in [0.1, 0.15) is 38.3 Å². The van der Waals surface area contributed by atoms with E-state index >= 15 is 0 Å². The molecule has 33 heavy (non-hydrogen) atoms. The van der Waals surface area contributed by atoms with Crippen molar-refractivity contribution in [3.05, 3.63) is 75.8 Å². The molecule has 2 aromatic rings. The van der Waals surface area contributed by atoms with Gasteiger partial charge in [-0.15, -0.1) is 11.8 Å². The topological polar surface area (TPSA) is 92.6 Å². The van der Waals surface area contributed by atoms with E-state index in [0.29, 0.717) is 37.6 Å². The van der Waals surface area contributed by atoms with E-state index in [-0.39, 0.29) is 23.3 Å². The van der Waals surface area contributed by atoms with Gasteiger partial charge in [-0.25, -0.2) is 0 Å². The molecule has 0 aromatic heterocycles. The predicted molar refractivity (Wildman–Crippen MR) is 133 cm³/mol. The summed E-state index contributed by atoms with van der Waals surface area (Å²) in [6, 6.07) is 15.8. The third-order valence-electron chi connectivity index (χ3n) is 5.20. The molecule has 8 heteroatoms. The summed E-state index contributed by atoms with van der Waals surface area (Å²) in [5.41, 5.74) is 2.08. The molecule has 0 fully saturated rings. The third-order valence-corrected chi connectivity index (χ3v) is 6.18. The van der Waals surface area contributed by atoms with Crippen LogP contribution in [-0.4, -0.2) is 46.5 Å². The Labute approximate surface area is 200 Å². The fraction of sp³-hybridized carbons (Fsp3) is 0.440. The van der Waals surface area contributed by atoms with Gasteiger partial charge in [-0.2, -0.15) is 0 Å². The fourth-order valence-corrected chi connectivity index (χ4v) is 4.24. The van der Waals surface area contributed by atoms with E-state index in [1.54, 1.807) is 17.0 Å². The Hall–Kier alpha value is -2.87. The summed E-state index contributed by atoms with van der Waals surface area (Å²) < 4.78 is 0. The molecule has 0 bridgehead atoms. The molecule has 2 aromatic carbocycles. The maximum Gasteiger partial charge on any atom is 0.269 e. The summed E-state index contributed by atoms with van der Waals surface area (Å²) in [5.74, 6) is 0.932. The van der Waals surface area contributed by atoms with E-state index in [1.807, 2.05) is 51.1 Å². The van der Waals surface area contributed by atoms with Crippen LogP contribution in [0.5, 0.6) is 0 Å². The van der Waals surface area contributed by atoms with Crippen LogP contribution in [0.4, 0.5) is 5.69 Å². The molecule has 1 N–H and O–H groups in total. The maximum absolute atomic E-state index is 13.2. The Bertz CT molecular complexity index is 904. The van der Waals surface area contributed by atoms with Crippen LogP contribution in [-0.2, 0) is 21.8 Å². The molecule has 0 unspecified atom stereocenters.